The molecule has 0 spiro atoms. The van der Waals surface area contributed by atoms with Crippen LogP contribution >= 0.6 is 11.8 Å². The van der Waals surface area contributed by atoms with Gasteiger partial charge in [0, 0.05) is 17.8 Å². The predicted octanol–water partition coefficient (Wildman–Crippen LogP) is 3.74. The molecule has 1 aromatic heterocycles. The molecule has 4 aromatic rings. The molecule has 4 rings (SSSR count). The number of aryl methyl sites for hydroxylation is 1. The number of ether oxygens (including phenoxy) is 1. The first-order valence-electron chi connectivity index (χ1n) is 12.0. The van der Waals surface area contributed by atoms with E-state index in [1.165, 1.54) is 23.9 Å². The zero-order valence-electron chi connectivity index (χ0n) is 21.1. The summed E-state index contributed by atoms with van der Waals surface area (Å²) in [5.74, 6) is 1.47. The Morgan fingerprint density at radius 2 is 1.79 bits per heavy atom. The molecule has 9 nitrogen and oxygen atoms in total. The van der Waals surface area contributed by atoms with Crippen LogP contribution in [-0.4, -0.2) is 48.0 Å². The van der Waals surface area contributed by atoms with Crippen LogP contribution in [0.2, 0.25) is 0 Å². The highest BCUT2D eigenvalue weighted by Gasteiger charge is 2.18. The van der Waals surface area contributed by atoms with Gasteiger partial charge in [-0.3, -0.25) is 9.36 Å². The number of rotatable bonds is 11. The molecule has 198 valence electrons. The minimum absolute atomic E-state index is 0.0587. The van der Waals surface area contributed by atoms with Gasteiger partial charge in [0.15, 0.2) is 11.0 Å². The van der Waals surface area contributed by atoms with E-state index in [0.717, 1.165) is 28.1 Å². The van der Waals surface area contributed by atoms with Gasteiger partial charge in [-0.25, -0.2) is 13.6 Å². The summed E-state index contributed by atoms with van der Waals surface area (Å²) in [5.41, 5.74) is 3.79. The summed E-state index contributed by atoms with van der Waals surface area (Å²) in [4.78, 5) is 12.6. The first kappa shape index (κ1) is 27.4. The van der Waals surface area contributed by atoms with E-state index in [0.29, 0.717) is 30.6 Å². The van der Waals surface area contributed by atoms with Crippen molar-refractivity contribution in [1.29, 1.82) is 0 Å². The monoisotopic (exact) mass is 551 g/mol. The molecule has 0 aliphatic carbocycles. The number of nitrogens with one attached hydrogen (secondary N) is 1. The van der Waals surface area contributed by atoms with Crippen LogP contribution in [0.3, 0.4) is 0 Å². The molecule has 0 saturated carbocycles. The van der Waals surface area contributed by atoms with Crippen molar-refractivity contribution in [3.05, 3.63) is 83.9 Å². The molecule has 0 atom stereocenters. The number of amides is 1. The van der Waals surface area contributed by atoms with Crippen LogP contribution in [0, 0.1) is 6.92 Å². The van der Waals surface area contributed by atoms with Crippen molar-refractivity contribution < 1.29 is 17.9 Å². The molecule has 0 aliphatic rings. The number of aromatic nitrogens is 3. The number of carbonyl (C=O) groups excluding carboxylic acids is 1. The predicted molar refractivity (Wildman–Crippen MR) is 148 cm³/mol. The largest absolute Gasteiger partial charge is 0.494 e. The van der Waals surface area contributed by atoms with E-state index in [4.69, 9.17) is 9.88 Å². The van der Waals surface area contributed by atoms with E-state index in [2.05, 4.69) is 15.5 Å². The second-order valence-corrected chi connectivity index (χ2v) is 11.0. The van der Waals surface area contributed by atoms with Gasteiger partial charge in [0.2, 0.25) is 15.9 Å². The quantitative estimate of drug-likeness (QED) is 0.272. The molecule has 0 fully saturated rings. The van der Waals surface area contributed by atoms with Crippen LogP contribution in [0.4, 0.5) is 0 Å². The Balaban J connectivity index is 1.44. The van der Waals surface area contributed by atoms with E-state index < -0.39 is 10.0 Å². The Bertz CT molecular complexity index is 1500. The van der Waals surface area contributed by atoms with Crippen LogP contribution in [0.15, 0.2) is 82.8 Å². The summed E-state index contributed by atoms with van der Waals surface area (Å²) in [6.45, 7) is 4.95. The molecule has 3 aromatic carbocycles. The van der Waals surface area contributed by atoms with Crippen LogP contribution < -0.4 is 15.2 Å². The summed E-state index contributed by atoms with van der Waals surface area (Å²) in [7, 11) is -3.73. The Morgan fingerprint density at radius 3 is 2.45 bits per heavy atom. The van der Waals surface area contributed by atoms with Gasteiger partial charge in [0.1, 0.15) is 5.75 Å². The highest BCUT2D eigenvalue weighted by Crippen LogP contribution is 2.29. The molecule has 3 N–H and O–H groups in total. The highest BCUT2D eigenvalue weighted by atomic mass is 32.2. The number of nitrogens with two attached hydrogens (primary N) is 1. The van der Waals surface area contributed by atoms with Crippen molar-refractivity contribution in [2.75, 3.05) is 18.9 Å². The standard InChI is InChI=1S/C27H29N5O4S2/c1-3-36-23-11-9-22(10-12-23)32-26(21-6-4-5-19(2)17-21)30-31-27(32)37-18-25(33)29-16-15-20-7-13-24(14-8-20)38(28,34)35/h4-14,17H,3,15-16,18H2,1-2H3,(H,29,33)(H2,28,34,35). The maximum atomic E-state index is 12.6. The molecular weight excluding hydrogens is 522 g/mol. The molecule has 0 saturated heterocycles. The van der Waals surface area contributed by atoms with Crippen molar-refractivity contribution in [2.24, 2.45) is 5.14 Å². The van der Waals surface area contributed by atoms with Crippen molar-refractivity contribution in [3.63, 3.8) is 0 Å². The van der Waals surface area contributed by atoms with Gasteiger partial charge in [-0.15, -0.1) is 10.2 Å². The van der Waals surface area contributed by atoms with E-state index in [-0.39, 0.29) is 16.6 Å². The fraction of sp³-hybridized carbons (Fsp3) is 0.222. The lowest BCUT2D eigenvalue weighted by Crippen LogP contribution is -2.27. The Morgan fingerprint density at radius 1 is 1.05 bits per heavy atom. The third kappa shape index (κ3) is 7.00. The fourth-order valence-electron chi connectivity index (χ4n) is 3.80. The first-order chi connectivity index (χ1) is 18.2. The zero-order chi connectivity index (χ0) is 27.1. The molecule has 1 amide bonds. The number of nitrogens with zero attached hydrogens (tertiary/aromatic N) is 3. The van der Waals surface area contributed by atoms with Crippen LogP contribution in [0.1, 0.15) is 18.1 Å². The molecule has 0 aliphatic heterocycles. The SMILES string of the molecule is CCOc1ccc(-n2c(SCC(=O)NCCc3ccc(S(N)(=O)=O)cc3)nnc2-c2cccc(C)c2)cc1. The maximum Gasteiger partial charge on any atom is 0.238 e. The first-order valence-corrected chi connectivity index (χ1v) is 14.5. The molecule has 11 heteroatoms. The van der Waals surface area contributed by atoms with Gasteiger partial charge in [-0.05, 0) is 68.3 Å². The second kappa shape index (κ2) is 12.2. The van der Waals surface area contributed by atoms with Crippen LogP contribution in [0.5, 0.6) is 5.75 Å². The second-order valence-electron chi connectivity index (χ2n) is 8.52. The van der Waals surface area contributed by atoms with Crippen LogP contribution in [-0.2, 0) is 21.2 Å². The molecule has 0 radical (unpaired) electrons. The summed E-state index contributed by atoms with van der Waals surface area (Å²) >= 11 is 1.30. The van der Waals surface area contributed by atoms with Crippen molar-refractivity contribution in [3.8, 4) is 22.8 Å². The molecule has 38 heavy (non-hydrogen) atoms. The summed E-state index contributed by atoms with van der Waals surface area (Å²) in [5, 5.41) is 17.5. The van der Waals surface area contributed by atoms with E-state index in [1.54, 1.807) is 12.1 Å². The van der Waals surface area contributed by atoms with Crippen molar-refractivity contribution in [2.45, 2.75) is 30.3 Å². The average Bonchev–Trinajstić information content (AvgIpc) is 3.32. The third-order valence-corrected chi connectivity index (χ3v) is 7.49. The lowest BCUT2D eigenvalue weighted by Gasteiger charge is -2.12. The van der Waals surface area contributed by atoms with Gasteiger partial charge in [-0.1, -0.05) is 47.7 Å². The zero-order valence-corrected chi connectivity index (χ0v) is 22.8. The van der Waals surface area contributed by atoms with Gasteiger partial charge < -0.3 is 10.1 Å². The maximum absolute atomic E-state index is 12.6. The van der Waals surface area contributed by atoms with Crippen molar-refractivity contribution >= 4 is 27.7 Å². The molecule has 1 heterocycles. The number of hydrogen-bond acceptors (Lipinski definition) is 7. The summed E-state index contributed by atoms with van der Waals surface area (Å²) in [6, 6.07) is 22.0. The van der Waals surface area contributed by atoms with Crippen molar-refractivity contribution in [1.82, 2.24) is 20.1 Å². The third-order valence-electron chi connectivity index (χ3n) is 5.64. The number of benzene rings is 3. The average molecular weight is 552 g/mol. The van der Waals surface area contributed by atoms with Gasteiger partial charge in [-0.2, -0.15) is 0 Å². The van der Waals surface area contributed by atoms with Crippen LogP contribution in [0.25, 0.3) is 17.1 Å². The smallest absolute Gasteiger partial charge is 0.238 e. The Hall–Kier alpha value is -3.67. The number of carbonyl (C=O) groups is 1. The van der Waals surface area contributed by atoms with Gasteiger partial charge >= 0.3 is 0 Å². The fourth-order valence-corrected chi connectivity index (χ4v) is 5.10. The molecule has 0 bridgehead atoms. The molecule has 0 unspecified atom stereocenters. The summed E-state index contributed by atoms with van der Waals surface area (Å²) in [6.07, 6.45) is 0.557. The topological polar surface area (TPSA) is 129 Å². The number of thioether (sulfide) groups is 1. The number of hydrogen-bond donors (Lipinski definition) is 2. The minimum Gasteiger partial charge on any atom is -0.494 e. The lowest BCUT2D eigenvalue weighted by molar-refractivity contribution is -0.118. The Labute approximate surface area is 226 Å². The number of primary sulfonamides is 1. The van der Waals surface area contributed by atoms with E-state index in [1.807, 2.05) is 66.9 Å². The minimum atomic E-state index is -3.73. The van der Waals surface area contributed by atoms with E-state index >= 15 is 0 Å². The van der Waals surface area contributed by atoms with Gasteiger partial charge in [0.25, 0.3) is 0 Å². The summed E-state index contributed by atoms with van der Waals surface area (Å²) < 4.78 is 30.3. The molecular formula is C27H29N5O4S2. The van der Waals surface area contributed by atoms with E-state index in [9.17, 15) is 13.2 Å². The number of sulfonamides is 1. The van der Waals surface area contributed by atoms with Gasteiger partial charge in [0.05, 0.1) is 17.3 Å². The lowest BCUT2D eigenvalue weighted by atomic mass is 10.1. The highest BCUT2D eigenvalue weighted by molar-refractivity contribution is 7.99. The Kier molecular flexibility index (Phi) is 8.82. The normalized spacial score (nSPS) is 11.3.